The number of carbonyl (C=O) groups excluding carboxylic acids is 1. The van der Waals surface area contributed by atoms with Crippen molar-refractivity contribution < 1.29 is 31.1 Å². The molecule has 0 heterocycles. The van der Waals surface area contributed by atoms with E-state index in [2.05, 4.69) is 14.8 Å². The fourth-order valence-corrected chi connectivity index (χ4v) is 4.11. The van der Waals surface area contributed by atoms with E-state index in [0.717, 1.165) is 29.8 Å². The van der Waals surface area contributed by atoms with Crippen molar-refractivity contribution >= 4 is 27.5 Å². The van der Waals surface area contributed by atoms with Crippen LogP contribution in [0.15, 0.2) is 53.4 Å². The SMILES string of the molecule is CN(C)C(CNC(=O)CCNS(=O)(=O)c1ccc(OC(F)(F)F)cc1)c1ccccc1Cl. The lowest BCUT2D eigenvalue weighted by Crippen LogP contribution is -2.36. The minimum absolute atomic E-state index is 0.128. The molecule has 0 saturated carbocycles. The number of hydrogen-bond acceptors (Lipinski definition) is 5. The zero-order valence-electron chi connectivity index (χ0n) is 17.3. The number of sulfonamides is 1. The smallest absolute Gasteiger partial charge is 0.406 e. The molecule has 2 aromatic carbocycles. The van der Waals surface area contributed by atoms with Gasteiger partial charge in [0.1, 0.15) is 5.75 Å². The lowest BCUT2D eigenvalue weighted by Gasteiger charge is -2.26. The summed E-state index contributed by atoms with van der Waals surface area (Å²) in [6, 6.07) is 10.8. The zero-order chi connectivity index (χ0) is 23.9. The van der Waals surface area contributed by atoms with Crippen LogP contribution in [0.2, 0.25) is 5.02 Å². The first kappa shape index (κ1) is 25.9. The topological polar surface area (TPSA) is 87.7 Å². The maximum atomic E-state index is 12.3. The van der Waals surface area contributed by atoms with E-state index in [0.29, 0.717) is 5.02 Å². The van der Waals surface area contributed by atoms with Gasteiger partial charge in [-0.1, -0.05) is 29.8 Å². The van der Waals surface area contributed by atoms with E-state index in [1.54, 1.807) is 12.1 Å². The van der Waals surface area contributed by atoms with Gasteiger partial charge in [-0.15, -0.1) is 13.2 Å². The summed E-state index contributed by atoms with van der Waals surface area (Å²) < 4.78 is 67.0. The minimum atomic E-state index is -4.87. The summed E-state index contributed by atoms with van der Waals surface area (Å²) in [7, 11) is -0.309. The number of nitrogens with zero attached hydrogens (tertiary/aromatic N) is 1. The first-order valence-corrected chi connectivity index (χ1v) is 11.3. The first-order valence-electron chi connectivity index (χ1n) is 9.42. The Bertz CT molecular complexity index is 1020. The second kappa shape index (κ2) is 11.0. The van der Waals surface area contributed by atoms with E-state index in [9.17, 15) is 26.4 Å². The van der Waals surface area contributed by atoms with Crippen LogP contribution in [0.3, 0.4) is 0 Å². The summed E-state index contributed by atoms with van der Waals surface area (Å²) in [4.78, 5) is 13.8. The van der Waals surface area contributed by atoms with E-state index < -0.39 is 22.1 Å². The van der Waals surface area contributed by atoms with E-state index in [1.807, 2.05) is 31.1 Å². The number of likely N-dealkylation sites (N-methyl/N-ethyl adjacent to an activating group) is 1. The molecule has 0 bridgehead atoms. The summed E-state index contributed by atoms with van der Waals surface area (Å²) in [6.45, 7) is 0.0800. The van der Waals surface area contributed by atoms with Crippen LogP contribution in [0, 0.1) is 0 Å². The number of amides is 1. The third kappa shape index (κ3) is 7.97. The van der Waals surface area contributed by atoms with Crippen LogP contribution in [-0.2, 0) is 14.8 Å². The Hall–Kier alpha value is -2.34. The van der Waals surface area contributed by atoms with E-state index >= 15 is 0 Å². The highest BCUT2D eigenvalue weighted by atomic mass is 35.5. The molecule has 12 heteroatoms. The van der Waals surface area contributed by atoms with E-state index in [-0.39, 0.29) is 36.4 Å². The number of alkyl halides is 3. The van der Waals surface area contributed by atoms with Crippen molar-refractivity contribution in [1.82, 2.24) is 14.9 Å². The molecule has 0 saturated heterocycles. The van der Waals surface area contributed by atoms with Crippen LogP contribution >= 0.6 is 11.6 Å². The van der Waals surface area contributed by atoms with Gasteiger partial charge in [0.25, 0.3) is 0 Å². The molecule has 0 fully saturated rings. The maximum absolute atomic E-state index is 12.3. The molecule has 1 amide bonds. The third-order valence-corrected chi connectivity index (χ3v) is 6.21. The molecule has 1 unspecified atom stereocenters. The highest BCUT2D eigenvalue weighted by molar-refractivity contribution is 7.89. The van der Waals surface area contributed by atoms with Gasteiger partial charge in [-0.05, 0) is 50.0 Å². The van der Waals surface area contributed by atoms with Gasteiger partial charge in [0.05, 0.1) is 10.9 Å². The standard InChI is InChI=1S/C20H23ClF3N3O4S/c1-27(2)18(16-5-3-4-6-17(16)21)13-25-19(28)11-12-26-32(29,30)15-9-7-14(8-10-15)31-20(22,23)24/h3-10,18,26H,11-13H2,1-2H3,(H,25,28). The van der Waals surface area contributed by atoms with Gasteiger partial charge in [-0.3, -0.25) is 4.79 Å². The van der Waals surface area contributed by atoms with Crippen LogP contribution in [-0.4, -0.2) is 52.8 Å². The summed E-state index contributed by atoms with van der Waals surface area (Å²) in [5.41, 5.74) is 0.845. The molecule has 0 radical (unpaired) electrons. The van der Waals surface area contributed by atoms with Crippen molar-refractivity contribution in [1.29, 1.82) is 0 Å². The molecule has 1 atom stereocenters. The van der Waals surface area contributed by atoms with Gasteiger partial charge in [-0.2, -0.15) is 0 Å². The molecule has 0 aliphatic rings. The molecular formula is C20H23ClF3N3O4S. The van der Waals surface area contributed by atoms with Crippen molar-refractivity contribution in [3.05, 3.63) is 59.1 Å². The molecular weight excluding hydrogens is 471 g/mol. The molecule has 0 aliphatic heterocycles. The lowest BCUT2D eigenvalue weighted by molar-refractivity contribution is -0.274. The highest BCUT2D eigenvalue weighted by Gasteiger charge is 2.31. The number of rotatable bonds is 10. The Morgan fingerprint density at radius 1 is 1.12 bits per heavy atom. The van der Waals surface area contributed by atoms with E-state index in [4.69, 9.17) is 11.6 Å². The number of benzene rings is 2. The Kier molecular flexibility index (Phi) is 8.90. The molecule has 2 aromatic rings. The Morgan fingerprint density at radius 3 is 2.31 bits per heavy atom. The predicted molar refractivity (Wildman–Crippen MR) is 114 cm³/mol. The Morgan fingerprint density at radius 2 is 1.75 bits per heavy atom. The molecule has 0 aromatic heterocycles. The first-order chi connectivity index (χ1) is 14.9. The average Bonchev–Trinajstić information content (AvgIpc) is 2.68. The number of hydrogen-bond donors (Lipinski definition) is 2. The van der Waals surface area contributed by atoms with Gasteiger partial charge < -0.3 is 15.0 Å². The molecule has 0 spiro atoms. The van der Waals surface area contributed by atoms with E-state index in [1.165, 1.54) is 0 Å². The van der Waals surface area contributed by atoms with Gasteiger partial charge in [0.15, 0.2) is 0 Å². The Balaban J connectivity index is 1.87. The van der Waals surface area contributed by atoms with Crippen molar-refractivity contribution in [2.45, 2.75) is 23.7 Å². The zero-order valence-corrected chi connectivity index (χ0v) is 18.9. The van der Waals surface area contributed by atoms with Crippen molar-refractivity contribution in [2.75, 3.05) is 27.2 Å². The molecule has 176 valence electrons. The quantitative estimate of drug-likeness (QED) is 0.530. The highest BCUT2D eigenvalue weighted by Crippen LogP contribution is 2.26. The van der Waals surface area contributed by atoms with Gasteiger partial charge in [-0.25, -0.2) is 13.1 Å². The fraction of sp³-hybridized carbons (Fsp3) is 0.350. The number of nitrogens with one attached hydrogen (secondary N) is 2. The summed E-state index contributed by atoms with van der Waals surface area (Å²) in [5, 5.41) is 3.32. The summed E-state index contributed by atoms with van der Waals surface area (Å²) >= 11 is 6.23. The van der Waals surface area contributed by atoms with Crippen LogP contribution in [0.1, 0.15) is 18.0 Å². The largest absolute Gasteiger partial charge is 0.573 e. The van der Waals surface area contributed by atoms with Gasteiger partial charge >= 0.3 is 6.36 Å². The van der Waals surface area contributed by atoms with Crippen LogP contribution < -0.4 is 14.8 Å². The molecule has 2 N–H and O–H groups in total. The molecule has 32 heavy (non-hydrogen) atoms. The number of ether oxygens (including phenoxy) is 1. The van der Waals surface area contributed by atoms with Crippen LogP contribution in [0.4, 0.5) is 13.2 Å². The Labute approximate surface area is 189 Å². The molecule has 2 rings (SSSR count). The monoisotopic (exact) mass is 493 g/mol. The van der Waals surface area contributed by atoms with Gasteiger partial charge in [0.2, 0.25) is 15.9 Å². The van der Waals surface area contributed by atoms with Gasteiger partial charge in [0, 0.05) is 24.5 Å². The summed E-state index contributed by atoms with van der Waals surface area (Å²) in [5.74, 6) is -0.912. The van der Waals surface area contributed by atoms with Crippen LogP contribution in [0.5, 0.6) is 5.75 Å². The second-order valence-corrected chi connectivity index (χ2v) is 9.15. The second-order valence-electron chi connectivity index (χ2n) is 6.97. The van der Waals surface area contributed by atoms with Crippen molar-refractivity contribution in [2.24, 2.45) is 0 Å². The average molecular weight is 494 g/mol. The number of halogens is 4. The van der Waals surface area contributed by atoms with Crippen molar-refractivity contribution in [3.8, 4) is 5.75 Å². The fourth-order valence-electron chi connectivity index (χ4n) is 2.82. The third-order valence-electron chi connectivity index (χ3n) is 4.39. The molecule has 7 nitrogen and oxygen atoms in total. The lowest BCUT2D eigenvalue weighted by atomic mass is 10.1. The van der Waals surface area contributed by atoms with Crippen molar-refractivity contribution in [3.63, 3.8) is 0 Å². The summed E-state index contributed by atoms with van der Waals surface area (Å²) in [6.07, 6.45) is -5.00. The predicted octanol–water partition coefficient (Wildman–Crippen LogP) is 3.33. The normalized spacial score (nSPS) is 13.1. The van der Waals surface area contributed by atoms with Crippen LogP contribution in [0.25, 0.3) is 0 Å². The number of carbonyl (C=O) groups is 1. The minimum Gasteiger partial charge on any atom is -0.406 e. The molecule has 0 aliphatic carbocycles. The maximum Gasteiger partial charge on any atom is 0.573 e.